The number of imidazole rings is 1. The Morgan fingerprint density at radius 1 is 1.08 bits per heavy atom. The molecular formula is C19H17F2N3O. The van der Waals surface area contributed by atoms with Crippen molar-refractivity contribution in [3.63, 3.8) is 0 Å². The summed E-state index contributed by atoms with van der Waals surface area (Å²) in [5.41, 5.74) is 2.57. The molecule has 0 radical (unpaired) electrons. The highest BCUT2D eigenvalue weighted by Crippen LogP contribution is 2.20. The highest BCUT2D eigenvalue weighted by atomic mass is 19.3. The van der Waals surface area contributed by atoms with E-state index in [1.807, 2.05) is 42.5 Å². The number of hydrogen-bond donors (Lipinski definition) is 0. The van der Waals surface area contributed by atoms with E-state index < -0.39 is 6.55 Å². The first-order chi connectivity index (χ1) is 12.1. The maximum Gasteiger partial charge on any atom is 0.319 e. The quantitative estimate of drug-likeness (QED) is 0.697. The number of carbonyl (C=O) groups excluding carboxylic acids is 1. The number of aromatic nitrogens is 2. The van der Waals surface area contributed by atoms with Crippen molar-refractivity contribution in [3.8, 4) is 11.1 Å². The van der Waals surface area contributed by atoms with Gasteiger partial charge in [-0.1, -0.05) is 42.5 Å². The fraction of sp³-hybridized carbons (Fsp3) is 0.158. The highest BCUT2D eigenvalue weighted by Gasteiger charge is 2.17. The standard InChI is InChI=1S/C19H17F2N3O/c1-23(13-17-22-11-12-24(17)19(20)21)18(25)16-9-7-15(8-10-16)14-5-3-2-4-6-14/h2-12,19H,13H2,1H3. The molecular weight excluding hydrogens is 324 g/mol. The van der Waals surface area contributed by atoms with Crippen molar-refractivity contribution in [2.24, 2.45) is 0 Å². The molecule has 0 N–H and O–H groups in total. The largest absolute Gasteiger partial charge is 0.334 e. The molecule has 3 rings (SSSR count). The summed E-state index contributed by atoms with van der Waals surface area (Å²) in [6.07, 6.45) is 2.50. The first-order valence-electron chi connectivity index (χ1n) is 7.77. The van der Waals surface area contributed by atoms with Gasteiger partial charge in [0.1, 0.15) is 5.82 Å². The maximum atomic E-state index is 12.9. The molecule has 0 aliphatic rings. The first kappa shape index (κ1) is 16.8. The van der Waals surface area contributed by atoms with Crippen LogP contribution in [0.15, 0.2) is 67.0 Å². The van der Waals surface area contributed by atoms with Crippen LogP contribution in [0.1, 0.15) is 22.7 Å². The first-order valence-corrected chi connectivity index (χ1v) is 7.77. The average molecular weight is 341 g/mol. The minimum Gasteiger partial charge on any atom is -0.334 e. The summed E-state index contributed by atoms with van der Waals surface area (Å²) in [6.45, 7) is -2.66. The number of hydrogen-bond acceptors (Lipinski definition) is 2. The Labute approximate surface area is 144 Å². The van der Waals surface area contributed by atoms with Crippen LogP contribution in [-0.2, 0) is 6.54 Å². The highest BCUT2D eigenvalue weighted by molar-refractivity contribution is 5.94. The molecule has 6 heteroatoms. The Morgan fingerprint density at radius 3 is 2.36 bits per heavy atom. The van der Waals surface area contributed by atoms with Gasteiger partial charge in [-0.2, -0.15) is 8.78 Å². The zero-order valence-corrected chi connectivity index (χ0v) is 13.6. The number of rotatable bonds is 5. The van der Waals surface area contributed by atoms with Gasteiger partial charge in [0.25, 0.3) is 5.91 Å². The van der Waals surface area contributed by atoms with Crippen LogP contribution in [0.5, 0.6) is 0 Å². The molecule has 0 atom stereocenters. The third-order valence-electron chi connectivity index (χ3n) is 3.92. The summed E-state index contributed by atoms with van der Waals surface area (Å²) >= 11 is 0. The monoisotopic (exact) mass is 341 g/mol. The third-order valence-corrected chi connectivity index (χ3v) is 3.92. The summed E-state index contributed by atoms with van der Waals surface area (Å²) in [5, 5.41) is 0. The number of benzene rings is 2. The number of alkyl halides is 2. The minimum atomic E-state index is -2.67. The van der Waals surface area contributed by atoms with E-state index in [-0.39, 0.29) is 18.3 Å². The van der Waals surface area contributed by atoms with Gasteiger partial charge in [-0.25, -0.2) is 4.98 Å². The van der Waals surface area contributed by atoms with Crippen molar-refractivity contribution in [1.29, 1.82) is 0 Å². The molecule has 1 aromatic heterocycles. The Hall–Kier alpha value is -3.02. The molecule has 2 aromatic carbocycles. The van der Waals surface area contributed by atoms with Crippen molar-refractivity contribution in [2.75, 3.05) is 7.05 Å². The van der Waals surface area contributed by atoms with Crippen molar-refractivity contribution in [2.45, 2.75) is 13.1 Å². The van der Waals surface area contributed by atoms with Gasteiger partial charge >= 0.3 is 6.55 Å². The molecule has 0 saturated heterocycles. The van der Waals surface area contributed by atoms with Gasteiger partial charge in [-0.3, -0.25) is 9.36 Å². The van der Waals surface area contributed by atoms with E-state index in [0.717, 1.165) is 15.7 Å². The molecule has 0 bridgehead atoms. The molecule has 0 fully saturated rings. The Morgan fingerprint density at radius 2 is 1.72 bits per heavy atom. The molecule has 0 unspecified atom stereocenters. The lowest BCUT2D eigenvalue weighted by Gasteiger charge is -2.18. The van der Waals surface area contributed by atoms with Crippen molar-refractivity contribution >= 4 is 5.91 Å². The molecule has 0 aliphatic heterocycles. The minimum absolute atomic E-state index is 0.0105. The fourth-order valence-electron chi connectivity index (χ4n) is 2.58. The van der Waals surface area contributed by atoms with Crippen LogP contribution in [0.4, 0.5) is 8.78 Å². The van der Waals surface area contributed by atoms with E-state index in [2.05, 4.69) is 4.98 Å². The molecule has 25 heavy (non-hydrogen) atoms. The van der Waals surface area contributed by atoms with E-state index in [1.165, 1.54) is 17.3 Å². The van der Waals surface area contributed by atoms with E-state index in [9.17, 15) is 13.6 Å². The lowest BCUT2D eigenvalue weighted by molar-refractivity contribution is 0.0612. The van der Waals surface area contributed by atoms with E-state index in [0.29, 0.717) is 5.56 Å². The molecule has 1 amide bonds. The van der Waals surface area contributed by atoms with Gasteiger partial charge in [-0.05, 0) is 23.3 Å². The number of nitrogens with zero attached hydrogens (tertiary/aromatic N) is 3. The van der Waals surface area contributed by atoms with Crippen LogP contribution in [0.25, 0.3) is 11.1 Å². The third kappa shape index (κ3) is 3.74. The smallest absolute Gasteiger partial charge is 0.319 e. The lowest BCUT2D eigenvalue weighted by atomic mass is 10.0. The van der Waals surface area contributed by atoms with Gasteiger partial charge in [0.2, 0.25) is 0 Å². The second-order valence-corrected chi connectivity index (χ2v) is 5.63. The summed E-state index contributed by atoms with van der Waals surface area (Å²) in [5.74, 6) is -0.102. The van der Waals surface area contributed by atoms with E-state index in [1.54, 1.807) is 19.2 Å². The topological polar surface area (TPSA) is 38.1 Å². The van der Waals surface area contributed by atoms with E-state index >= 15 is 0 Å². The van der Waals surface area contributed by atoms with Crippen LogP contribution in [0.2, 0.25) is 0 Å². The SMILES string of the molecule is CN(Cc1nccn1C(F)F)C(=O)c1ccc(-c2ccccc2)cc1. The zero-order valence-electron chi connectivity index (χ0n) is 13.6. The summed E-state index contributed by atoms with van der Waals surface area (Å²) < 4.78 is 26.5. The summed E-state index contributed by atoms with van der Waals surface area (Å²) in [4.78, 5) is 17.8. The zero-order chi connectivity index (χ0) is 17.8. The van der Waals surface area contributed by atoms with E-state index in [4.69, 9.17) is 0 Å². The predicted octanol–water partition coefficient (Wildman–Crippen LogP) is 4.22. The summed E-state index contributed by atoms with van der Waals surface area (Å²) in [6, 6.07) is 17.1. The Kier molecular flexibility index (Phi) is 4.88. The molecule has 4 nitrogen and oxygen atoms in total. The number of halogens is 2. The maximum absolute atomic E-state index is 12.9. The molecule has 3 aromatic rings. The van der Waals surface area contributed by atoms with Crippen LogP contribution in [0.3, 0.4) is 0 Å². The van der Waals surface area contributed by atoms with Gasteiger partial charge in [-0.15, -0.1) is 0 Å². The normalized spacial score (nSPS) is 10.9. The van der Waals surface area contributed by atoms with Crippen molar-refractivity contribution < 1.29 is 13.6 Å². The van der Waals surface area contributed by atoms with Crippen LogP contribution in [-0.4, -0.2) is 27.4 Å². The van der Waals surface area contributed by atoms with Gasteiger partial charge < -0.3 is 4.90 Å². The summed E-state index contributed by atoms with van der Waals surface area (Å²) in [7, 11) is 1.57. The molecule has 1 heterocycles. The van der Waals surface area contributed by atoms with Crippen LogP contribution >= 0.6 is 0 Å². The van der Waals surface area contributed by atoms with Crippen molar-refractivity contribution in [1.82, 2.24) is 14.5 Å². The van der Waals surface area contributed by atoms with Gasteiger partial charge in [0, 0.05) is 25.0 Å². The Balaban J connectivity index is 1.73. The second-order valence-electron chi connectivity index (χ2n) is 5.63. The molecule has 0 spiro atoms. The van der Waals surface area contributed by atoms with Crippen molar-refractivity contribution in [3.05, 3.63) is 78.4 Å². The molecule has 128 valence electrons. The van der Waals surface area contributed by atoms with Crippen LogP contribution < -0.4 is 0 Å². The second kappa shape index (κ2) is 7.25. The number of amides is 1. The number of carbonyl (C=O) groups is 1. The fourth-order valence-corrected chi connectivity index (χ4v) is 2.58. The average Bonchev–Trinajstić information content (AvgIpc) is 3.10. The predicted molar refractivity (Wildman–Crippen MR) is 91.2 cm³/mol. The van der Waals surface area contributed by atoms with Crippen LogP contribution in [0, 0.1) is 0 Å². The molecule has 0 saturated carbocycles. The Bertz CT molecular complexity index is 845. The van der Waals surface area contributed by atoms with Gasteiger partial charge in [0.15, 0.2) is 0 Å². The van der Waals surface area contributed by atoms with Gasteiger partial charge in [0.05, 0.1) is 6.54 Å². The lowest BCUT2D eigenvalue weighted by Crippen LogP contribution is -2.27. The molecule has 0 aliphatic carbocycles.